The monoisotopic (exact) mass is 415 g/mol. The average Bonchev–Trinajstić information content (AvgIpc) is 3.23. The zero-order chi connectivity index (χ0) is 18.5. The second-order valence-corrected chi connectivity index (χ2v) is 8.93. The highest BCUT2D eigenvalue weighted by Gasteiger charge is 2.48. The summed E-state index contributed by atoms with van der Waals surface area (Å²) < 4.78 is 27.8. The molecule has 1 aromatic carbocycles. The van der Waals surface area contributed by atoms with Crippen LogP contribution in [0.25, 0.3) is 0 Å². The van der Waals surface area contributed by atoms with Crippen LogP contribution in [0.15, 0.2) is 29.3 Å². The number of likely N-dealkylation sites (tertiary alicyclic amines) is 1. The standard InChI is InChI=1S/C15H15Cl2N5O3S/c16-11-2-1-3-13(14(11)17)26(24,25)22-9-4-5-10(22)8-21(7-9)15(23)12-6-18-20-19-12/h1-3,6,9-10H,4-5,7-8H2,(H,18,19,20)/t9-,10?/m0/s1. The summed E-state index contributed by atoms with van der Waals surface area (Å²) in [5.41, 5.74) is 0.221. The molecule has 1 unspecified atom stereocenters. The number of amides is 1. The molecular formula is C15H15Cl2N5O3S. The Morgan fingerprint density at radius 1 is 1.19 bits per heavy atom. The van der Waals surface area contributed by atoms with E-state index < -0.39 is 10.0 Å². The fraction of sp³-hybridized carbons (Fsp3) is 0.400. The molecule has 138 valence electrons. The molecule has 3 heterocycles. The van der Waals surface area contributed by atoms with Crippen molar-refractivity contribution in [3.8, 4) is 0 Å². The van der Waals surface area contributed by atoms with Crippen molar-refractivity contribution in [2.45, 2.75) is 29.8 Å². The van der Waals surface area contributed by atoms with E-state index in [2.05, 4.69) is 15.4 Å². The number of aromatic nitrogens is 3. The number of sulfonamides is 1. The first-order valence-electron chi connectivity index (χ1n) is 8.02. The van der Waals surface area contributed by atoms with E-state index in [0.717, 1.165) is 0 Å². The van der Waals surface area contributed by atoms with Crippen LogP contribution in [0.4, 0.5) is 0 Å². The number of rotatable bonds is 3. The smallest absolute Gasteiger partial charge is 0.276 e. The normalized spacial score (nSPS) is 23.4. The van der Waals surface area contributed by atoms with Gasteiger partial charge in [0.15, 0.2) is 5.69 Å². The molecule has 2 saturated heterocycles. The number of aromatic amines is 1. The van der Waals surface area contributed by atoms with Gasteiger partial charge in [-0.05, 0) is 25.0 Å². The molecule has 0 spiro atoms. The molecule has 1 amide bonds. The quantitative estimate of drug-likeness (QED) is 0.823. The first kappa shape index (κ1) is 17.7. The van der Waals surface area contributed by atoms with Gasteiger partial charge < -0.3 is 4.90 Å². The molecule has 2 atom stereocenters. The minimum Gasteiger partial charge on any atom is -0.334 e. The molecule has 0 aliphatic carbocycles. The first-order valence-corrected chi connectivity index (χ1v) is 10.2. The third-order valence-corrected chi connectivity index (χ3v) is 7.79. The van der Waals surface area contributed by atoms with Crippen molar-refractivity contribution in [1.82, 2.24) is 24.6 Å². The van der Waals surface area contributed by atoms with E-state index in [4.69, 9.17) is 23.2 Å². The van der Waals surface area contributed by atoms with Crippen LogP contribution < -0.4 is 0 Å². The van der Waals surface area contributed by atoms with Crippen LogP contribution >= 0.6 is 23.2 Å². The number of hydrogen-bond acceptors (Lipinski definition) is 5. The summed E-state index contributed by atoms with van der Waals surface area (Å²) in [6.45, 7) is 0.610. The number of piperazine rings is 1. The number of nitrogens with one attached hydrogen (secondary N) is 1. The number of H-pyrrole nitrogens is 1. The summed E-state index contributed by atoms with van der Waals surface area (Å²) >= 11 is 12.1. The van der Waals surface area contributed by atoms with E-state index >= 15 is 0 Å². The van der Waals surface area contributed by atoms with E-state index in [1.807, 2.05) is 0 Å². The maximum absolute atomic E-state index is 13.2. The van der Waals surface area contributed by atoms with E-state index in [-0.39, 0.29) is 38.6 Å². The van der Waals surface area contributed by atoms with E-state index in [1.165, 1.54) is 16.6 Å². The highest BCUT2D eigenvalue weighted by molar-refractivity contribution is 7.89. The van der Waals surface area contributed by atoms with Gasteiger partial charge in [0.2, 0.25) is 10.0 Å². The zero-order valence-corrected chi connectivity index (χ0v) is 15.8. The Balaban J connectivity index is 1.62. The molecular weight excluding hydrogens is 401 g/mol. The molecule has 11 heteroatoms. The summed E-state index contributed by atoms with van der Waals surface area (Å²) in [6, 6.07) is 3.96. The van der Waals surface area contributed by atoms with Gasteiger partial charge in [0.1, 0.15) is 4.90 Å². The van der Waals surface area contributed by atoms with Gasteiger partial charge >= 0.3 is 0 Å². The summed E-state index contributed by atoms with van der Waals surface area (Å²) in [7, 11) is -3.81. The molecule has 26 heavy (non-hydrogen) atoms. The number of carbonyl (C=O) groups excluding carboxylic acids is 1. The molecule has 1 aromatic heterocycles. The van der Waals surface area contributed by atoms with Crippen molar-refractivity contribution in [3.63, 3.8) is 0 Å². The Hall–Kier alpha value is -1.68. The topological polar surface area (TPSA) is 99.3 Å². The van der Waals surface area contributed by atoms with Crippen LogP contribution in [0.1, 0.15) is 23.3 Å². The number of nitrogens with zero attached hydrogens (tertiary/aromatic N) is 4. The van der Waals surface area contributed by atoms with Crippen molar-refractivity contribution in [3.05, 3.63) is 40.1 Å². The summed E-state index contributed by atoms with van der Waals surface area (Å²) in [5.74, 6) is -0.256. The number of carbonyl (C=O) groups is 1. The van der Waals surface area contributed by atoms with Crippen molar-refractivity contribution >= 4 is 39.1 Å². The van der Waals surface area contributed by atoms with Crippen LogP contribution in [-0.4, -0.2) is 64.1 Å². The zero-order valence-electron chi connectivity index (χ0n) is 13.5. The first-order chi connectivity index (χ1) is 12.4. The Labute approximate surface area is 160 Å². The fourth-order valence-electron chi connectivity index (χ4n) is 3.69. The predicted molar refractivity (Wildman–Crippen MR) is 94.6 cm³/mol. The lowest BCUT2D eigenvalue weighted by molar-refractivity contribution is 0.0609. The minimum absolute atomic E-state index is 0.000144. The Morgan fingerprint density at radius 3 is 2.50 bits per heavy atom. The second-order valence-electron chi connectivity index (χ2n) is 6.34. The highest BCUT2D eigenvalue weighted by Crippen LogP contribution is 2.38. The lowest BCUT2D eigenvalue weighted by atomic mass is 10.2. The Bertz CT molecular complexity index is 936. The van der Waals surface area contributed by atoms with Gasteiger partial charge in [-0.3, -0.25) is 4.79 Å². The summed E-state index contributed by atoms with van der Waals surface area (Å²) in [4.78, 5) is 14.1. The molecule has 2 aliphatic heterocycles. The summed E-state index contributed by atoms with van der Waals surface area (Å²) in [6.07, 6.45) is 2.73. The van der Waals surface area contributed by atoms with E-state index in [9.17, 15) is 13.2 Å². The minimum atomic E-state index is -3.81. The molecule has 8 nitrogen and oxygen atoms in total. The molecule has 2 bridgehead atoms. The van der Waals surface area contributed by atoms with E-state index in [0.29, 0.717) is 25.9 Å². The average molecular weight is 416 g/mol. The maximum atomic E-state index is 13.2. The fourth-order valence-corrected chi connectivity index (χ4v) is 6.28. The van der Waals surface area contributed by atoms with Crippen LogP contribution in [0.3, 0.4) is 0 Å². The number of hydrogen-bond donors (Lipinski definition) is 1. The Kier molecular flexibility index (Phi) is 4.42. The van der Waals surface area contributed by atoms with Crippen LogP contribution in [0, 0.1) is 0 Å². The number of benzene rings is 1. The number of fused-ring (bicyclic) bond motifs is 2. The van der Waals surface area contributed by atoms with Crippen molar-refractivity contribution < 1.29 is 13.2 Å². The van der Waals surface area contributed by atoms with Crippen LogP contribution in [-0.2, 0) is 10.0 Å². The summed E-state index contributed by atoms with van der Waals surface area (Å²) in [5, 5.41) is 10.1. The van der Waals surface area contributed by atoms with Crippen molar-refractivity contribution in [2.75, 3.05) is 13.1 Å². The van der Waals surface area contributed by atoms with Gasteiger partial charge in [0, 0.05) is 25.2 Å². The van der Waals surface area contributed by atoms with Gasteiger partial charge in [-0.25, -0.2) is 8.42 Å². The third kappa shape index (κ3) is 2.79. The highest BCUT2D eigenvalue weighted by atomic mass is 35.5. The third-order valence-electron chi connectivity index (χ3n) is 4.81. The van der Waals surface area contributed by atoms with Gasteiger partial charge in [0.25, 0.3) is 5.91 Å². The van der Waals surface area contributed by atoms with Gasteiger partial charge in [-0.2, -0.15) is 19.7 Å². The SMILES string of the molecule is O=C(c1cn[nH]n1)N1CC2CC[C@@H](C1)N2S(=O)(=O)c1cccc(Cl)c1Cl. The molecule has 0 radical (unpaired) electrons. The van der Waals surface area contributed by atoms with Gasteiger partial charge in [-0.1, -0.05) is 29.3 Å². The van der Waals surface area contributed by atoms with Crippen molar-refractivity contribution in [1.29, 1.82) is 0 Å². The predicted octanol–water partition coefficient (Wildman–Crippen LogP) is 1.79. The second kappa shape index (κ2) is 6.49. The lowest BCUT2D eigenvalue weighted by Crippen LogP contribution is -2.57. The number of halogens is 2. The Morgan fingerprint density at radius 2 is 1.88 bits per heavy atom. The molecule has 0 saturated carbocycles. The molecule has 2 aromatic rings. The molecule has 4 rings (SSSR count). The van der Waals surface area contributed by atoms with Crippen LogP contribution in [0.5, 0.6) is 0 Å². The largest absolute Gasteiger partial charge is 0.334 e. The molecule has 2 fully saturated rings. The van der Waals surface area contributed by atoms with Crippen molar-refractivity contribution in [2.24, 2.45) is 0 Å². The van der Waals surface area contributed by atoms with Gasteiger partial charge in [0.05, 0.1) is 16.2 Å². The van der Waals surface area contributed by atoms with E-state index in [1.54, 1.807) is 17.0 Å². The molecule has 1 N–H and O–H groups in total. The lowest BCUT2D eigenvalue weighted by Gasteiger charge is -2.39. The van der Waals surface area contributed by atoms with Crippen LogP contribution in [0.2, 0.25) is 10.0 Å². The maximum Gasteiger partial charge on any atom is 0.276 e. The molecule has 2 aliphatic rings. The van der Waals surface area contributed by atoms with Gasteiger partial charge in [-0.15, -0.1) is 0 Å².